The molecule has 0 saturated carbocycles. The van der Waals surface area contributed by atoms with Crippen LogP contribution in [0.5, 0.6) is 0 Å². The van der Waals surface area contributed by atoms with Gasteiger partial charge in [-0.2, -0.15) is 0 Å². The van der Waals surface area contributed by atoms with Gasteiger partial charge in [-0.15, -0.1) is 0 Å². The summed E-state index contributed by atoms with van der Waals surface area (Å²) in [6.45, 7) is 7.00. The van der Waals surface area contributed by atoms with Crippen molar-refractivity contribution < 1.29 is 4.79 Å². The molecule has 1 aliphatic rings. The van der Waals surface area contributed by atoms with E-state index in [0.29, 0.717) is 19.1 Å². The van der Waals surface area contributed by atoms with Gasteiger partial charge in [0, 0.05) is 43.8 Å². The van der Waals surface area contributed by atoms with Crippen LogP contribution in [0.1, 0.15) is 24.1 Å². The number of carbonyl (C=O) groups is 1. The van der Waals surface area contributed by atoms with Crippen LogP contribution in [0.15, 0.2) is 54.6 Å². The quantitative estimate of drug-likeness (QED) is 0.846. The van der Waals surface area contributed by atoms with E-state index in [0.717, 1.165) is 36.8 Å². The molecule has 0 bridgehead atoms. The molecule has 1 fully saturated rings. The van der Waals surface area contributed by atoms with Crippen LogP contribution in [-0.4, -0.2) is 48.4 Å². The number of halogens is 1. The first-order valence-corrected chi connectivity index (χ1v) is 9.52. The summed E-state index contributed by atoms with van der Waals surface area (Å²) in [7, 11) is 0. The maximum absolute atomic E-state index is 12.2. The summed E-state index contributed by atoms with van der Waals surface area (Å²) in [5, 5.41) is 3.78. The first-order chi connectivity index (χ1) is 12.6. The number of nitrogens with one attached hydrogen (secondary N) is 1. The zero-order valence-electron chi connectivity index (χ0n) is 15.2. The predicted octanol–water partition coefficient (Wildman–Crippen LogP) is 3.34. The second-order valence-electron chi connectivity index (χ2n) is 6.81. The second kappa shape index (κ2) is 9.17. The average Bonchev–Trinajstić information content (AvgIpc) is 2.67. The van der Waals surface area contributed by atoms with Crippen molar-refractivity contribution in [1.29, 1.82) is 0 Å². The van der Waals surface area contributed by atoms with Gasteiger partial charge in [-0.25, -0.2) is 0 Å². The van der Waals surface area contributed by atoms with Crippen molar-refractivity contribution in [3.05, 3.63) is 70.7 Å². The SMILES string of the molecule is CC(c1cccc(Cl)c1)N1CCN(CC(=O)NCc2ccccc2)CC1. The van der Waals surface area contributed by atoms with Crippen molar-refractivity contribution in [2.75, 3.05) is 32.7 Å². The highest BCUT2D eigenvalue weighted by atomic mass is 35.5. The van der Waals surface area contributed by atoms with Gasteiger partial charge in [-0.05, 0) is 30.2 Å². The molecule has 1 unspecified atom stereocenters. The minimum atomic E-state index is 0.0881. The van der Waals surface area contributed by atoms with Crippen LogP contribution >= 0.6 is 11.6 Å². The molecule has 0 radical (unpaired) electrons. The van der Waals surface area contributed by atoms with E-state index in [-0.39, 0.29) is 5.91 Å². The summed E-state index contributed by atoms with van der Waals surface area (Å²) >= 11 is 6.11. The maximum Gasteiger partial charge on any atom is 0.234 e. The summed E-state index contributed by atoms with van der Waals surface area (Å²) in [5.41, 5.74) is 2.37. The molecule has 2 aromatic rings. The number of rotatable bonds is 6. The van der Waals surface area contributed by atoms with Crippen molar-refractivity contribution in [2.45, 2.75) is 19.5 Å². The third-order valence-corrected chi connectivity index (χ3v) is 5.22. The van der Waals surface area contributed by atoms with Gasteiger partial charge in [0.25, 0.3) is 0 Å². The average molecular weight is 372 g/mol. The van der Waals surface area contributed by atoms with Gasteiger partial charge < -0.3 is 5.32 Å². The summed E-state index contributed by atoms with van der Waals surface area (Å²) in [6.07, 6.45) is 0. The Morgan fingerprint density at radius 3 is 2.50 bits per heavy atom. The van der Waals surface area contributed by atoms with Gasteiger partial charge >= 0.3 is 0 Å². The van der Waals surface area contributed by atoms with Gasteiger partial charge in [0.15, 0.2) is 0 Å². The lowest BCUT2D eigenvalue weighted by molar-refractivity contribution is -0.122. The van der Waals surface area contributed by atoms with Crippen LogP contribution in [-0.2, 0) is 11.3 Å². The second-order valence-corrected chi connectivity index (χ2v) is 7.24. The Labute approximate surface area is 160 Å². The van der Waals surface area contributed by atoms with Crippen molar-refractivity contribution in [1.82, 2.24) is 15.1 Å². The summed E-state index contributed by atoms with van der Waals surface area (Å²) < 4.78 is 0. The highest BCUT2D eigenvalue weighted by Gasteiger charge is 2.23. The van der Waals surface area contributed by atoms with Crippen molar-refractivity contribution >= 4 is 17.5 Å². The number of amides is 1. The first kappa shape index (κ1) is 18.9. The predicted molar refractivity (Wildman–Crippen MR) is 106 cm³/mol. The van der Waals surface area contributed by atoms with E-state index in [1.807, 2.05) is 48.5 Å². The van der Waals surface area contributed by atoms with E-state index >= 15 is 0 Å². The van der Waals surface area contributed by atoms with E-state index in [2.05, 4.69) is 28.1 Å². The molecule has 1 saturated heterocycles. The largest absolute Gasteiger partial charge is 0.351 e. The van der Waals surface area contributed by atoms with Crippen LogP contribution in [0.4, 0.5) is 0 Å². The lowest BCUT2D eigenvalue weighted by Gasteiger charge is -2.38. The Kier molecular flexibility index (Phi) is 6.67. The Morgan fingerprint density at radius 2 is 1.81 bits per heavy atom. The Morgan fingerprint density at radius 1 is 1.08 bits per heavy atom. The van der Waals surface area contributed by atoms with Gasteiger partial charge in [-0.3, -0.25) is 14.6 Å². The van der Waals surface area contributed by atoms with Crippen LogP contribution < -0.4 is 5.32 Å². The molecular weight excluding hydrogens is 346 g/mol. The monoisotopic (exact) mass is 371 g/mol. The lowest BCUT2D eigenvalue weighted by atomic mass is 10.1. The first-order valence-electron chi connectivity index (χ1n) is 9.14. The van der Waals surface area contributed by atoms with Gasteiger partial charge in [0.2, 0.25) is 5.91 Å². The minimum absolute atomic E-state index is 0.0881. The molecule has 1 amide bonds. The molecule has 26 heavy (non-hydrogen) atoms. The molecule has 0 aromatic heterocycles. The molecule has 1 N–H and O–H groups in total. The third-order valence-electron chi connectivity index (χ3n) is 4.99. The summed E-state index contributed by atoms with van der Waals surface area (Å²) in [5.74, 6) is 0.0881. The highest BCUT2D eigenvalue weighted by molar-refractivity contribution is 6.30. The normalized spacial score (nSPS) is 17.0. The molecule has 1 aliphatic heterocycles. The summed E-state index contributed by atoms with van der Waals surface area (Å²) in [4.78, 5) is 16.9. The third kappa shape index (κ3) is 5.31. The molecule has 5 heteroatoms. The smallest absolute Gasteiger partial charge is 0.234 e. The van der Waals surface area contributed by atoms with Gasteiger partial charge in [0.05, 0.1) is 6.54 Å². The minimum Gasteiger partial charge on any atom is -0.351 e. The standard InChI is InChI=1S/C21H26ClN3O/c1-17(19-8-5-9-20(22)14-19)25-12-10-24(11-13-25)16-21(26)23-15-18-6-3-2-4-7-18/h2-9,14,17H,10-13,15-16H2,1H3,(H,23,26). The molecule has 1 atom stereocenters. The Hall–Kier alpha value is -1.88. The van der Waals surface area contributed by atoms with Crippen LogP contribution in [0, 0.1) is 0 Å². The fraction of sp³-hybridized carbons (Fsp3) is 0.381. The molecule has 0 spiro atoms. The zero-order valence-corrected chi connectivity index (χ0v) is 16.0. The maximum atomic E-state index is 12.2. The van der Waals surface area contributed by atoms with E-state index in [9.17, 15) is 4.79 Å². The zero-order chi connectivity index (χ0) is 18.4. The molecule has 3 rings (SSSR count). The number of piperazine rings is 1. The molecule has 0 aliphatic carbocycles. The Balaban J connectivity index is 1.42. The van der Waals surface area contributed by atoms with Crippen molar-refractivity contribution in [2.24, 2.45) is 0 Å². The fourth-order valence-corrected chi connectivity index (χ4v) is 3.54. The number of benzene rings is 2. The van der Waals surface area contributed by atoms with E-state index < -0.39 is 0 Å². The topological polar surface area (TPSA) is 35.6 Å². The van der Waals surface area contributed by atoms with Crippen LogP contribution in [0.25, 0.3) is 0 Å². The number of carbonyl (C=O) groups excluding carboxylic acids is 1. The van der Waals surface area contributed by atoms with E-state index in [1.54, 1.807) is 0 Å². The van der Waals surface area contributed by atoms with E-state index in [1.165, 1.54) is 5.56 Å². The van der Waals surface area contributed by atoms with Crippen LogP contribution in [0.3, 0.4) is 0 Å². The van der Waals surface area contributed by atoms with Crippen molar-refractivity contribution in [3.63, 3.8) is 0 Å². The molecular formula is C21H26ClN3O. The summed E-state index contributed by atoms with van der Waals surface area (Å²) in [6, 6.07) is 18.4. The molecule has 4 nitrogen and oxygen atoms in total. The molecule has 138 valence electrons. The van der Waals surface area contributed by atoms with E-state index in [4.69, 9.17) is 11.6 Å². The fourth-order valence-electron chi connectivity index (χ4n) is 3.34. The van der Waals surface area contributed by atoms with Gasteiger partial charge in [0.1, 0.15) is 0 Å². The highest BCUT2D eigenvalue weighted by Crippen LogP contribution is 2.23. The molecule has 2 aromatic carbocycles. The Bertz CT molecular complexity index is 714. The number of nitrogens with zero attached hydrogens (tertiary/aromatic N) is 2. The molecule has 1 heterocycles. The number of hydrogen-bond acceptors (Lipinski definition) is 3. The number of hydrogen-bond donors (Lipinski definition) is 1. The van der Waals surface area contributed by atoms with Gasteiger partial charge in [-0.1, -0.05) is 54.1 Å². The lowest BCUT2D eigenvalue weighted by Crippen LogP contribution is -2.49. The van der Waals surface area contributed by atoms with Crippen molar-refractivity contribution in [3.8, 4) is 0 Å². The van der Waals surface area contributed by atoms with Crippen LogP contribution in [0.2, 0.25) is 5.02 Å².